The molecule has 1 fully saturated rings. The number of halogens is 2. The average molecular weight is 459 g/mol. The lowest BCUT2D eigenvalue weighted by molar-refractivity contribution is -0.141. The first-order chi connectivity index (χ1) is 14.6. The molecule has 1 aromatic carbocycles. The Hall–Kier alpha value is -2.57. The van der Waals surface area contributed by atoms with E-state index >= 15 is 0 Å². The Morgan fingerprint density at radius 1 is 1.16 bits per heavy atom. The van der Waals surface area contributed by atoms with Gasteiger partial charge in [-0.25, -0.2) is 27.5 Å². The Morgan fingerprint density at radius 2 is 1.84 bits per heavy atom. The van der Waals surface area contributed by atoms with E-state index < -0.39 is 44.8 Å². The minimum absolute atomic E-state index is 0.0161. The molecule has 1 saturated heterocycles. The van der Waals surface area contributed by atoms with Crippen LogP contribution in [0.4, 0.5) is 13.6 Å². The average Bonchev–Trinajstić information content (AvgIpc) is 2.75. The summed E-state index contributed by atoms with van der Waals surface area (Å²) in [6.45, 7) is -0.143. The highest BCUT2D eigenvalue weighted by Crippen LogP contribution is 2.35. The maximum Gasteiger partial charge on any atom is 0.407 e. The maximum atomic E-state index is 14.0. The molecule has 0 radical (unpaired) electrons. The van der Waals surface area contributed by atoms with Crippen molar-refractivity contribution in [3.63, 3.8) is 0 Å². The van der Waals surface area contributed by atoms with Gasteiger partial charge < -0.3 is 10.0 Å². The van der Waals surface area contributed by atoms with Crippen LogP contribution >= 0.6 is 0 Å². The van der Waals surface area contributed by atoms with Gasteiger partial charge in [0.05, 0.1) is 11.2 Å². The SMILES string of the molecule is O=C(O)N1CCC(CS(=O)(=O)N2CC=C(c3cc(F)ccc3F)CC2)(C(=O)NO)CC1. The van der Waals surface area contributed by atoms with Crippen LogP contribution in [0, 0.1) is 17.0 Å². The van der Waals surface area contributed by atoms with Crippen molar-refractivity contribution in [2.75, 3.05) is 31.9 Å². The molecule has 2 amide bonds. The second-order valence-electron chi connectivity index (χ2n) is 7.71. The van der Waals surface area contributed by atoms with Crippen LogP contribution < -0.4 is 5.48 Å². The topological polar surface area (TPSA) is 127 Å². The molecule has 12 heteroatoms. The fourth-order valence-electron chi connectivity index (χ4n) is 4.01. The first kappa shape index (κ1) is 23.1. The van der Waals surface area contributed by atoms with Gasteiger partial charge in [0.1, 0.15) is 11.6 Å². The summed E-state index contributed by atoms with van der Waals surface area (Å²) in [5, 5.41) is 18.2. The van der Waals surface area contributed by atoms with Crippen molar-refractivity contribution >= 4 is 27.6 Å². The molecule has 9 nitrogen and oxygen atoms in total. The zero-order valence-corrected chi connectivity index (χ0v) is 17.4. The Morgan fingerprint density at radius 3 is 2.39 bits per heavy atom. The number of hydrogen-bond acceptors (Lipinski definition) is 5. The van der Waals surface area contributed by atoms with Crippen molar-refractivity contribution in [2.24, 2.45) is 5.41 Å². The van der Waals surface area contributed by atoms with E-state index in [1.165, 1.54) is 11.6 Å². The molecule has 1 aromatic rings. The number of carbonyl (C=O) groups excluding carboxylic acids is 1. The van der Waals surface area contributed by atoms with Crippen molar-refractivity contribution in [3.8, 4) is 0 Å². The largest absolute Gasteiger partial charge is 0.465 e. The Kier molecular flexibility index (Phi) is 6.62. The lowest BCUT2D eigenvalue weighted by atomic mass is 9.79. The minimum Gasteiger partial charge on any atom is -0.465 e. The molecule has 3 N–H and O–H groups in total. The van der Waals surface area contributed by atoms with Gasteiger partial charge in [-0.15, -0.1) is 0 Å². The number of hydrogen-bond donors (Lipinski definition) is 3. The van der Waals surface area contributed by atoms with E-state index in [9.17, 15) is 26.8 Å². The standard InChI is InChI=1S/C19H23F2N3O6S/c20-14-1-2-16(21)15(11-14)13-3-7-24(8-4-13)31(29,30)12-19(17(25)22-28)5-9-23(10-6-19)18(26)27/h1-3,11,28H,4-10,12H2,(H,22,25)(H,26,27). The van der Waals surface area contributed by atoms with Gasteiger partial charge in [-0.1, -0.05) is 6.08 Å². The predicted molar refractivity (Wildman–Crippen MR) is 106 cm³/mol. The highest BCUT2D eigenvalue weighted by atomic mass is 32.2. The third-order valence-corrected chi connectivity index (χ3v) is 7.91. The van der Waals surface area contributed by atoms with Gasteiger partial charge in [0.25, 0.3) is 5.91 Å². The van der Waals surface area contributed by atoms with Crippen LogP contribution in [0.25, 0.3) is 5.57 Å². The van der Waals surface area contributed by atoms with Gasteiger partial charge in [0.15, 0.2) is 0 Å². The summed E-state index contributed by atoms with van der Waals surface area (Å²) in [5.74, 6) is -2.68. The van der Waals surface area contributed by atoms with Crippen LogP contribution in [-0.2, 0) is 14.8 Å². The molecule has 2 heterocycles. The third-order valence-electron chi connectivity index (χ3n) is 5.87. The first-order valence-electron chi connectivity index (χ1n) is 9.63. The van der Waals surface area contributed by atoms with Crippen LogP contribution in [-0.4, -0.2) is 71.9 Å². The lowest BCUT2D eigenvalue weighted by Gasteiger charge is -2.40. The molecule has 0 bridgehead atoms. The van der Waals surface area contributed by atoms with E-state index in [1.807, 2.05) is 0 Å². The number of rotatable bonds is 5. The number of hydroxylamine groups is 1. The summed E-state index contributed by atoms with van der Waals surface area (Å²) in [6.07, 6.45) is 0.373. The van der Waals surface area contributed by atoms with Gasteiger partial charge >= 0.3 is 6.09 Å². The Labute approximate surface area is 178 Å². The minimum atomic E-state index is -3.98. The van der Waals surface area contributed by atoms with E-state index in [0.717, 1.165) is 27.4 Å². The van der Waals surface area contributed by atoms with Crippen molar-refractivity contribution < 1.29 is 37.1 Å². The highest BCUT2D eigenvalue weighted by molar-refractivity contribution is 7.89. The van der Waals surface area contributed by atoms with Crippen LogP contribution in [0.15, 0.2) is 24.3 Å². The summed E-state index contributed by atoms with van der Waals surface area (Å²) in [4.78, 5) is 24.5. The van der Waals surface area contributed by atoms with E-state index in [0.29, 0.717) is 5.57 Å². The Balaban J connectivity index is 1.77. The van der Waals surface area contributed by atoms with Crippen molar-refractivity contribution in [1.82, 2.24) is 14.7 Å². The molecule has 170 valence electrons. The van der Waals surface area contributed by atoms with E-state index in [4.69, 9.17) is 10.3 Å². The van der Waals surface area contributed by atoms with E-state index in [2.05, 4.69) is 0 Å². The van der Waals surface area contributed by atoms with Gasteiger partial charge in [0, 0.05) is 31.7 Å². The quantitative estimate of drug-likeness (QED) is 0.454. The van der Waals surface area contributed by atoms with Gasteiger partial charge in [-0.2, -0.15) is 4.31 Å². The number of piperidine rings is 1. The number of nitrogens with zero attached hydrogens (tertiary/aromatic N) is 2. The number of carbonyl (C=O) groups is 2. The molecule has 0 aliphatic carbocycles. The van der Waals surface area contributed by atoms with Crippen LogP contribution in [0.2, 0.25) is 0 Å². The van der Waals surface area contributed by atoms with Crippen LogP contribution in [0.1, 0.15) is 24.8 Å². The number of nitrogens with one attached hydrogen (secondary N) is 1. The van der Waals surface area contributed by atoms with Gasteiger partial charge in [-0.05, 0) is 43.0 Å². The monoisotopic (exact) mass is 459 g/mol. The second kappa shape index (κ2) is 8.89. The summed E-state index contributed by atoms with van der Waals surface area (Å²) in [7, 11) is -3.98. The molecule has 2 aliphatic heterocycles. The number of benzene rings is 1. The normalized spacial score (nSPS) is 19.6. The summed E-state index contributed by atoms with van der Waals surface area (Å²) in [6, 6.07) is 3.07. The maximum absolute atomic E-state index is 14.0. The molecule has 3 rings (SSSR count). The van der Waals surface area contributed by atoms with Crippen LogP contribution in [0.5, 0.6) is 0 Å². The second-order valence-corrected chi connectivity index (χ2v) is 9.68. The number of amides is 2. The number of carboxylic acid groups (broad SMARTS) is 1. The molecular formula is C19H23F2N3O6S. The van der Waals surface area contributed by atoms with Gasteiger partial charge in [0.2, 0.25) is 10.0 Å². The molecule has 2 aliphatic rings. The van der Waals surface area contributed by atoms with Crippen molar-refractivity contribution in [1.29, 1.82) is 0 Å². The molecule has 0 unspecified atom stereocenters. The fourth-order valence-corrected chi connectivity index (χ4v) is 5.99. The smallest absolute Gasteiger partial charge is 0.407 e. The summed E-state index contributed by atoms with van der Waals surface area (Å²) >= 11 is 0. The third kappa shape index (κ3) is 4.86. The van der Waals surface area contributed by atoms with E-state index in [-0.39, 0.29) is 51.0 Å². The van der Waals surface area contributed by atoms with E-state index in [1.54, 1.807) is 0 Å². The first-order valence-corrected chi connectivity index (χ1v) is 11.2. The van der Waals surface area contributed by atoms with Crippen molar-refractivity contribution in [3.05, 3.63) is 41.5 Å². The lowest BCUT2D eigenvalue weighted by Crippen LogP contribution is -2.54. The zero-order valence-electron chi connectivity index (χ0n) is 16.6. The fraction of sp³-hybridized carbons (Fsp3) is 0.474. The number of sulfonamides is 1. The van der Waals surface area contributed by atoms with Crippen molar-refractivity contribution in [2.45, 2.75) is 19.3 Å². The molecular weight excluding hydrogens is 436 g/mol. The molecule has 0 atom stereocenters. The van der Waals surface area contributed by atoms with Crippen LogP contribution in [0.3, 0.4) is 0 Å². The summed E-state index contributed by atoms with van der Waals surface area (Å²) in [5.41, 5.74) is 0.599. The molecule has 31 heavy (non-hydrogen) atoms. The predicted octanol–water partition coefficient (Wildman–Crippen LogP) is 1.65. The highest BCUT2D eigenvalue weighted by Gasteiger charge is 2.47. The molecule has 0 aromatic heterocycles. The van der Waals surface area contributed by atoms with Gasteiger partial charge in [-0.3, -0.25) is 10.0 Å². The zero-order chi connectivity index (χ0) is 22.8. The summed E-state index contributed by atoms with van der Waals surface area (Å²) < 4.78 is 54.7. The number of likely N-dealkylation sites (tertiary alicyclic amines) is 1. The Bertz CT molecular complexity index is 1010. The molecule has 0 spiro atoms. The molecule has 0 saturated carbocycles.